The van der Waals surface area contributed by atoms with Gasteiger partial charge in [0.05, 0.1) is 30.7 Å². The fourth-order valence-corrected chi connectivity index (χ4v) is 4.02. The zero-order valence-corrected chi connectivity index (χ0v) is 20.9. The molecule has 1 amide bonds. The Kier molecular flexibility index (Phi) is 7.20. The summed E-state index contributed by atoms with van der Waals surface area (Å²) in [5, 5.41) is 7.69. The summed E-state index contributed by atoms with van der Waals surface area (Å²) >= 11 is 0. The molecule has 0 spiro atoms. The van der Waals surface area contributed by atoms with Crippen molar-refractivity contribution in [3.05, 3.63) is 106 Å². The van der Waals surface area contributed by atoms with E-state index in [2.05, 4.69) is 28.6 Å². The summed E-state index contributed by atoms with van der Waals surface area (Å²) < 4.78 is 13.5. The van der Waals surface area contributed by atoms with Gasteiger partial charge in [0.15, 0.2) is 0 Å². The van der Waals surface area contributed by atoms with Gasteiger partial charge in [-0.05, 0) is 68.7 Å². The minimum atomic E-state index is -0.203. The van der Waals surface area contributed by atoms with Gasteiger partial charge in [-0.25, -0.2) is 0 Å². The topological polar surface area (TPSA) is 65.4 Å². The van der Waals surface area contributed by atoms with Crippen molar-refractivity contribution in [1.82, 2.24) is 9.78 Å². The first-order valence-electron chi connectivity index (χ1n) is 11.6. The second-order valence-corrected chi connectivity index (χ2v) is 8.73. The van der Waals surface area contributed by atoms with E-state index in [1.807, 2.05) is 68.8 Å². The number of carbonyl (C=O) groups is 1. The van der Waals surface area contributed by atoms with Crippen molar-refractivity contribution < 1.29 is 14.3 Å². The van der Waals surface area contributed by atoms with E-state index in [1.54, 1.807) is 19.2 Å². The standard InChI is InChI=1S/C29H31N3O3/c1-19-11-12-20(2)27(15-19)35-18-25-16-24(13-14-26(25)34-5)29(33)30-28-21(3)31-32(22(28)4)17-23-9-7-6-8-10-23/h6-16H,17-18H2,1-5H3,(H,30,33). The summed E-state index contributed by atoms with van der Waals surface area (Å²) in [5.74, 6) is 1.29. The molecule has 35 heavy (non-hydrogen) atoms. The fraction of sp³-hybridized carbons (Fsp3) is 0.241. The van der Waals surface area contributed by atoms with Crippen LogP contribution >= 0.6 is 0 Å². The molecular formula is C29H31N3O3. The Labute approximate surface area is 206 Å². The maximum atomic E-state index is 13.2. The molecule has 0 bridgehead atoms. The third kappa shape index (κ3) is 5.54. The number of benzene rings is 3. The maximum absolute atomic E-state index is 13.2. The van der Waals surface area contributed by atoms with Crippen LogP contribution in [0.2, 0.25) is 0 Å². The summed E-state index contributed by atoms with van der Waals surface area (Å²) in [7, 11) is 1.62. The highest BCUT2D eigenvalue weighted by atomic mass is 16.5. The van der Waals surface area contributed by atoms with E-state index >= 15 is 0 Å². The molecule has 180 valence electrons. The molecule has 4 rings (SSSR count). The molecule has 1 aromatic heterocycles. The Balaban J connectivity index is 1.52. The monoisotopic (exact) mass is 469 g/mol. The molecule has 0 saturated heterocycles. The highest BCUT2D eigenvalue weighted by molar-refractivity contribution is 6.05. The molecule has 0 aliphatic carbocycles. The minimum Gasteiger partial charge on any atom is -0.496 e. The number of carbonyl (C=O) groups excluding carboxylic acids is 1. The van der Waals surface area contributed by atoms with Crippen LogP contribution in [0.15, 0.2) is 66.7 Å². The molecule has 4 aromatic rings. The summed E-state index contributed by atoms with van der Waals surface area (Å²) in [6.45, 7) is 8.85. The molecule has 6 heteroatoms. The normalized spacial score (nSPS) is 10.8. The number of aromatic nitrogens is 2. The van der Waals surface area contributed by atoms with Crippen LogP contribution in [0.5, 0.6) is 11.5 Å². The van der Waals surface area contributed by atoms with E-state index in [9.17, 15) is 4.79 Å². The lowest BCUT2D eigenvalue weighted by molar-refractivity contribution is 0.102. The van der Waals surface area contributed by atoms with Crippen molar-refractivity contribution in [2.45, 2.75) is 40.8 Å². The quantitative estimate of drug-likeness (QED) is 0.343. The van der Waals surface area contributed by atoms with Gasteiger partial charge in [0.2, 0.25) is 0 Å². The van der Waals surface area contributed by atoms with Gasteiger partial charge in [-0.1, -0.05) is 42.5 Å². The number of methoxy groups -OCH3 is 1. The van der Waals surface area contributed by atoms with Gasteiger partial charge in [0.25, 0.3) is 5.91 Å². The Bertz CT molecular complexity index is 1340. The molecule has 0 fully saturated rings. The SMILES string of the molecule is COc1ccc(C(=O)Nc2c(C)nn(Cc3ccccc3)c2C)cc1COc1cc(C)ccc1C. The number of anilines is 1. The third-order valence-electron chi connectivity index (χ3n) is 6.06. The van der Waals surface area contributed by atoms with Crippen LogP contribution in [0.4, 0.5) is 5.69 Å². The number of nitrogens with zero attached hydrogens (tertiary/aromatic N) is 2. The molecule has 0 radical (unpaired) electrons. The maximum Gasteiger partial charge on any atom is 0.255 e. The largest absolute Gasteiger partial charge is 0.496 e. The van der Waals surface area contributed by atoms with Gasteiger partial charge in [-0.2, -0.15) is 5.10 Å². The van der Waals surface area contributed by atoms with Gasteiger partial charge in [0.1, 0.15) is 18.1 Å². The summed E-state index contributed by atoms with van der Waals surface area (Å²) in [6.07, 6.45) is 0. The predicted octanol–water partition coefficient (Wildman–Crippen LogP) is 6.00. The number of amides is 1. The lowest BCUT2D eigenvalue weighted by Gasteiger charge is -2.14. The lowest BCUT2D eigenvalue weighted by Crippen LogP contribution is -2.14. The van der Waals surface area contributed by atoms with Crippen molar-refractivity contribution in [2.75, 3.05) is 12.4 Å². The van der Waals surface area contributed by atoms with Crippen LogP contribution in [-0.2, 0) is 13.2 Å². The highest BCUT2D eigenvalue weighted by Gasteiger charge is 2.17. The third-order valence-corrected chi connectivity index (χ3v) is 6.06. The predicted molar refractivity (Wildman–Crippen MR) is 138 cm³/mol. The van der Waals surface area contributed by atoms with Crippen molar-refractivity contribution in [2.24, 2.45) is 0 Å². The molecule has 0 saturated carbocycles. The van der Waals surface area contributed by atoms with Crippen molar-refractivity contribution in [3.63, 3.8) is 0 Å². The van der Waals surface area contributed by atoms with E-state index in [4.69, 9.17) is 9.47 Å². The van der Waals surface area contributed by atoms with Gasteiger partial charge in [0, 0.05) is 11.1 Å². The zero-order chi connectivity index (χ0) is 24.9. The van der Waals surface area contributed by atoms with Crippen LogP contribution in [0, 0.1) is 27.7 Å². The van der Waals surface area contributed by atoms with Gasteiger partial charge in [-0.3, -0.25) is 9.48 Å². The van der Waals surface area contributed by atoms with E-state index < -0.39 is 0 Å². The number of hydrogen-bond acceptors (Lipinski definition) is 4. The number of aryl methyl sites for hydroxylation is 3. The van der Waals surface area contributed by atoms with E-state index in [0.29, 0.717) is 24.5 Å². The number of hydrogen-bond donors (Lipinski definition) is 1. The molecule has 0 atom stereocenters. The Morgan fingerprint density at radius 3 is 2.46 bits per heavy atom. The second kappa shape index (κ2) is 10.5. The smallest absolute Gasteiger partial charge is 0.255 e. The van der Waals surface area contributed by atoms with Crippen LogP contribution in [0.1, 0.15) is 44.0 Å². The molecule has 6 nitrogen and oxygen atoms in total. The second-order valence-electron chi connectivity index (χ2n) is 8.73. The molecular weight excluding hydrogens is 438 g/mol. The van der Waals surface area contributed by atoms with Gasteiger partial charge in [-0.15, -0.1) is 0 Å². The minimum absolute atomic E-state index is 0.203. The molecule has 3 aromatic carbocycles. The fourth-order valence-electron chi connectivity index (χ4n) is 4.02. The van der Waals surface area contributed by atoms with Crippen molar-refractivity contribution in [3.8, 4) is 11.5 Å². The van der Waals surface area contributed by atoms with Crippen molar-refractivity contribution >= 4 is 11.6 Å². The van der Waals surface area contributed by atoms with Crippen LogP contribution in [-0.4, -0.2) is 22.8 Å². The Morgan fingerprint density at radius 2 is 1.71 bits per heavy atom. The van der Waals surface area contributed by atoms with Crippen molar-refractivity contribution in [1.29, 1.82) is 0 Å². The zero-order valence-electron chi connectivity index (χ0n) is 20.9. The molecule has 0 aliphatic heterocycles. The highest BCUT2D eigenvalue weighted by Crippen LogP contribution is 2.26. The van der Waals surface area contributed by atoms with E-state index in [-0.39, 0.29) is 5.91 Å². The van der Waals surface area contributed by atoms with E-state index in [0.717, 1.165) is 45.1 Å². The van der Waals surface area contributed by atoms with Gasteiger partial charge < -0.3 is 14.8 Å². The Hall–Kier alpha value is -4.06. The molecule has 0 aliphatic rings. The number of nitrogens with one attached hydrogen (secondary N) is 1. The number of ether oxygens (including phenoxy) is 2. The lowest BCUT2D eigenvalue weighted by atomic mass is 10.1. The first-order valence-corrected chi connectivity index (χ1v) is 11.6. The average Bonchev–Trinajstić information content (AvgIpc) is 3.12. The summed E-state index contributed by atoms with van der Waals surface area (Å²) in [6, 6.07) is 21.6. The first kappa shape index (κ1) is 24.1. The molecule has 0 unspecified atom stereocenters. The Morgan fingerprint density at radius 1 is 0.943 bits per heavy atom. The van der Waals surface area contributed by atoms with E-state index in [1.165, 1.54) is 0 Å². The first-order chi connectivity index (χ1) is 16.9. The average molecular weight is 470 g/mol. The van der Waals surface area contributed by atoms with Crippen LogP contribution in [0.3, 0.4) is 0 Å². The molecule has 1 N–H and O–H groups in total. The summed E-state index contributed by atoms with van der Waals surface area (Å²) in [5.41, 5.74) is 7.08. The van der Waals surface area contributed by atoms with Crippen LogP contribution < -0.4 is 14.8 Å². The van der Waals surface area contributed by atoms with Crippen LogP contribution in [0.25, 0.3) is 0 Å². The molecule has 1 heterocycles. The van der Waals surface area contributed by atoms with Gasteiger partial charge >= 0.3 is 0 Å². The summed E-state index contributed by atoms with van der Waals surface area (Å²) in [4.78, 5) is 13.2. The number of rotatable bonds is 8.